The third kappa shape index (κ3) is 4.90. The second-order valence-corrected chi connectivity index (χ2v) is 7.50. The SMILES string of the molecule is CC(=O)c1ccccc1NC(=O)CSc1nnc(Nc2ccccc2)s1. The van der Waals surface area contributed by atoms with Crippen LogP contribution in [0.3, 0.4) is 0 Å². The molecule has 0 unspecified atom stereocenters. The van der Waals surface area contributed by atoms with Gasteiger partial charge in [0.25, 0.3) is 0 Å². The fourth-order valence-electron chi connectivity index (χ4n) is 2.18. The number of benzene rings is 2. The van der Waals surface area contributed by atoms with E-state index in [1.54, 1.807) is 24.3 Å². The lowest BCUT2D eigenvalue weighted by molar-refractivity contribution is -0.113. The molecule has 0 aliphatic carbocycles. The molecular weight excluding hydrogens is 368 g/mol. The van der Waals surface area contributed by atoms with E-state index in [-0.39, 0.29) is 17.4 Å². The van der Waals surface area contributed by atoms with E-state index in [0.717, 1.165) is 5.69 Å². The molecule has 0 saturated carbocycles. The van der Waals surface area contributed by atoms with E-state index in [0.29, 0.717) is 20.7 Å². The number of anilines is 3. The highest BCUT2D eigenvalue weighted by Crippen LogP contribution is 2.27. The number of nitrogens with one attached hydrogen (secondary N) is 2. The summed E-state index contributed by atoms with van der Waals surface area (Å²) in [6.07, 6.45) is 0. The molecule has 0 aliphatic rings. The molecule has 26 heavy (non-hydrogen) atoms. The third-order valence-electron chi connectivity index (χ3n) is 3.34. The van der Waals surface area contributed by atoms with Crippen molar-refractivity contribution in [3.8, 4) is 0 Å². The number of hydrogen-bond donors (Lipinski definition) is 2. The van der Waals surface area contributed by atoms with Gasteiger partial charge in [0.1, 0.15) is 0 Å². The van der Waals surface area contributed by atoms with Crippen LogP contribution in [0.2, 0.25) is 0 Å². The van der Waals surface area contributed by atoms with E-state index < -0.39 is 0 Å². The molecule has 1 heterocycles. The molecule has 3 rings (SSSR count). The average Bonchev–Trinajstić information content (AvgIpc) is 3.08. The molecular formula is C18H16N4O2S2. The number of Topliss-reactive ketones (excluding diaryl/α,β-unsaturated/α-hetero) is 1. The second-order valence-electron chi connectivity index (χ2n) is 5.30. The van der Waals surface area contributed by atoms with Gasteiger partial charge in [-0.05, 0) is 31.2 Å². The molecule has 0 atom stereocenters. The van der Waals surface area contributed by atoms with Gasteiger partial charge in [-0.2, -0.15) is 0 Å². The number of carbonyl (C=O) groups is 2. The number of ketones is 1. The topological polar surface area (TPSA) is 84.0 Å². The Kier molecular flexibility index (Phi) is 5.98. The second kappa shape index (κ2) is 8.59. The van der Waals surface area contributed by atoms with E-state index in [2.05, 4.69) is 20.8 Å². The monoisotopic (exact) mass is 384 g/mol. The summed E-state index contributed by atoms with van der Waals surface area (Å²) in [6, 6.07) is 16.6. The highest BCUT2D eigenvalue weighted by atomic mass is 32.2. The first-order valence-corrected chi connectivity index (χ1v) is 9.60. The average molecular weight is 384 g/mol. The van der Waals surface area contributed by atoms with Crippen LogP contribution in [-0.2, 0) is 4.79 Å². The standard InChI is InChI=1S/C18H16N4O2S2/c1-12(23)14-9-5-6-10-15(14)20-16(24)11-25-18-22-21-17(26-18)19-13-7-3-2-4-8-13/h2-10H,11H2,1H3,(H,19,21)(H,20,24). The molecule has 1 amide bonds. The van der Waals surface area contributed by atoms with Gasteiger partial charge in [-0.1, -0.05) is 53.4 Å². The zero-order chi connectivity index (χ0) is 18.4. The maximum absolute atomic E-state index is 12.2. The Morgan fingerprint density at radius 1 is 1.04 bits per heavy atom. The largest absolute Gasteiger partial charge is 0.330 e. The maximum Gasteiger partial charge on any atom is 0.234 e. The van der Waals surface area contributed by atoms with E-state index in [9.17, 15) is 9.59 Å². The first kappa shape index (κ1) is 18.1. The van der Waals surface area contributed by atoms with Crippen LogP contribution in [0.25, 0.3) is 0 Å². The summed E-state index contributed by atoms with van der Waals surface area (Å²) < 4.78 is 0.693. The van der Waals surface area contributed by atoms with Gasteiger partial charge in [0.15, 0.2) is 10.1 Å². The van der Waals surface area contributed by atoms with Crippen molar-refractivity contribution >= 4 is 51.3 Å². The summed E-state index contributed by atoms with van der Waals surface area (Å²) in [5.41, 5.74) is 1.95. The first-order valence-electron chi connectivity index (χ1n) is 7.80. The number of nitrogens with zero attached hydrogens (tertiary/aromatic N) is 2. The molecule has 8 heteroatoms. The summed E-state index contributed by atoms with van der Waals surface area (Å²) in [4.78, 5) is 23.8. The smallest absolute Gasteiger partial charge is 0.234 e. The number of para-hydroxylation sites is 2. The molecule has 6 nitrogen and oxygen atoms in total. The van der Waals surface area contributed by atoms with E-state index in [4.69, 9.17) is 0 Å². The normalized spacial score (nSPS) is 10.3. The van der Waals surface area contributed by atoms with Crippen molar-refractivity contribution in [1.82, 2.24) is 10.2 Å². The Morgan fingerprint density at radius 3 is 2.54 bits per heavy atom. The van der Waals surface area contributed by atoms with Gasteiger partial charge >= 0.3 is 0 Å². The number of carbonyl (C=O) groups excluding carboxylic acids is 2. The minimum absolute atomic E-state index is 0.0886. The van der Waals surface area contributed by atoms with Gasteiger partial charge in [-0.3, -0.25) is 9.59 Å². The molecule has 0 fully saturated rings. The van der Waals surface area contributed by atoms with Gasteiger partial charge in [-0.25, -0.2) is 0 Å². The lowest BCUT2D eigenvalue weighted by Gasteiger charge is -2.08. The Morgan fingerprint density at radius 2 is 1.77 bits per heavy atom. The number of thioether (sulfide) groups is 1. The predicted molar refractivity (Wildman–Crippen MR) is 105 cm³/mol. The van der Waals surface area contributed by atoms with E-state index in [1.165, 1.54) is 30.0 Å². The van der Waals surface area contributed by atoms with Crippen molar-refractivity contribution in [3.63, 3.8) is 0 Å². The molecule has 2 N–H and O–H groups in total. The van der Waals surface area contributed by atoms with Crippen LogP contribution in [0.1, 0.15) is 17.3 Å². The lowest BCUT2D eigenvalue weighted by atomic mass is 10.1. The number of aromatic nitrogens is 2. The highest BCUT2D eigenvalue weighted by molar-refractivity contribution is 8.01. The molecule has 2 aromatic carbocycles. The minimum atomic E-state index is -0.198. The van der Waals surface area contributed by atoms with Crippen molar-refractivity contribution in [1.29, 1.82) is 0 Å². The van der Waals surface area contributed by atoms with Crippen molar-refractivity contribution in [2.24, 2.45) is 0 Å². The fraction of sp³-hybridized carbons (Fsp3) is 0.111. The Balaban J connectivity index is 1.55. The van der Waals surface area contributed by atoms with Gasteiger partial charge < -0.3 is 10.6 Å². The van der Waals surface area contributed by atoms with Crippen molar-refractivity contribution in [2.45, 2.75) is 11.3 Å². The minimum Gasteiger partial charge on any atom is -0.330 e. The van der Waals surface area contributed by atoms with Crippen LogP contribution >= 0.6 is 23.1 Å². The van der Waals surface area contributed by atoms with Crippen LogP contribution in [0.15, 0.2) is 58.9 Å². The number of rotatable bonds is 7. The van der Waals surface area contributed by atoms with E-state index >= 15 is 0 Å². The molecule has 1 aromatic heterocycles. The van der Waals surface area contributed by atoms with Crippen LogP contribution in [0.4, 0.5) is 16.5 Å². The van der Waals surface area contributed by atoms with Gasteiger partial charge in [0.05, 0.1) is 11.4 Å². The summed E-state index contributed by atoms with van der Waals surface area (Å²) in [5.74, 6) is -0.0996. The third-order valence-corrected chi connectivity index (χ3v) is 5.31. The lowest BCUT2D eigenvalue weighted by Crippen LogP contribution is -2.16. The molecule has 3 aromatic rings. The Labute approximate surface area is 159 Å². The van der Waals surface area contributed by atoms with Crippen LogP contribution < -0.4 is 10.6 Å². The quantitative estimate of drug-likeness (QED) is 0.469. The molecule has 0 spiro atoms. The summed E-state index contributed by atoms with van der Waals surface area (Å²) in [6.45, 7) is 1.47. The van der Waals surface area contributed by atoms with Crippen LogP contribution in [0.5, 0.6) is 0 Å². The highest BCUT2D eigenvalue weighted by Gasteiger charge is 2.12. The van der Waals surface area contributed by atoms with Crippen molar-refractivity contribution in [2.75, 3.05) is 16.4 Å². The summed E-state index contributed by atoms with van der Waals surface area (Å²) in [7, 11) is 0. The zero-order valence-electron chi connectivity index (χ0n) is 13.9. The fourth-order valence-corrected chi connectivity index (χ4v) is 3.75. The summed E-state index contributed by atoms with van der Waals surface area (Å²) >= 11 is 2.68. The number of amides is 1. The van der Waals surface area contributed by atoms with Crippen LogP contribution in [0, 0.1) is 0 Å². The van der Waals surface area contributed by atoms with Crippen LogP contribution in [-0.4, -0.2) is 27.6 Å². The number of hydrogen-bond acceptors (Lipinski definition) is 7. The van der Waals surface area contributed by atoms with Crippen molar-refractivity contribution in [3.05, 3.63) is 60.2 Å². The van der Waals surface area contributed by atoms with Gasteiger partial charge in [-0.15, -0.1) is 10.2 Å². The summed E-state index contributed by atoms with van der Waals surface area (Å²) in [5, 5.41) is 14.7. The van der Waals surface area contributed by atoms with Crippen molar-refractivity contribution < 1.29 is 9.59 Å². The maximum atomic E-state index is 12.2. The molecule has 0 aliphatic heterocycles. The molecule has 0 saturated heterocycles. The first-order chi connectivity index (χ1) is 12.6. The molecule has 0 bridgehead atoms. The van der Waals surface area contributed by atoms with E-state index in [1.807, 2.05) is 30.3 Å². The molecule has 132 valence electrons. The zero-order valence-corrected chi connectivity index (χ0v) is 15.6. The molecule has 0 radical (unpaired) electrons. The predicted octanol–water partition coefficient (Wildman–Crippen LogP) is 4.22. The van der Waals surface area contributed by atoms with Gasteiger partial charge in [0, 0.05) is 11.3 Å². The van der Waals surface area contributed by atoms with Gasteiger partial charge in [0.2, 0.25) is 11.0 Å². The Bertz CT molecular complexity index is 912. The Hall–Kier alpha value is -2.71.